The summed E-state index contributed by atoms with van der Waals surface area (Å²) in [6.45, 7) is 1.77. The molecule has 19 heavy (non-hydrogen) atoms. The molecule has 0 saturated heterocycles. The van der Waals surface area contributed by atoms with Crippen LogP contribution in [0.25, 0.3) is 0 Å². The van der Waals surface area contributed by atoms with Gasteiger partial charge in [-0.1, -0.05) is 18.2 Å². The fourth-order valence-electron chi connectivity index (χ4n) is 1.88. The Bertz CT molecular complexity index is 625. The van der Waals surface area contributed by atoms with Crippen LogP contribution in [0.1, 0.15) is 15.9 Å². The van der Waals surface area contributed by atoms with Gasteiger partial charge >= 0.3 is 0 Å². The molecule has 4 heteroatoms. The zero-order valence-electron chi connectivity index (χ0n) is 10.9. The number of rotatable bonds is 2. The second kappa shape index (κ2) is 5.10. The zero-order valence-corrected chi connectivity index (χ0v) is 10.9. The van der Waals surface area contributed by atoms with E-state index in [2.05, 4.69) is 0 Å². The number of anilines is 2. The van der Waals surface area contributed by atoms with Gasteiger partial charge < -0.3 is 10.6 Å². The standard InChI is InChI=1S/C15H15FN2O/c1-10-7-8-11(12(16)9-10)15(19)18(2)14-6-4-3-5-13(14)17/h3-9H,17H2,1-2H3. The van der Waals surface area contributed by atoms with Crippen LogP contribution >= 0.6 is 0 Å². The van der Waals surface area contributed by atoms with Crippen LogP contribution in [0, 0.1) is 12.7 Å². The molecule has 1 amide bonds. The molecule has 2 N–H and O–H groups in total. The molecule has 0 aliphatic rings. The van der Waals surface area contributed by atoms with Gasteiger partial charge in [0.1, 0.15) is 5.82 Å². The Morgan fingerprint density at radius 2 is 1.89 bits per heavy atom. The summed E-state index contributed by atoms with van der Waals surface area (Å²) in [5.74, 6) is -0.943. The van der Waals surface area contributed by atoms with E-state index in [9.17, 15) is 9.18 Å². The highest BCUT2D eigenvalue weighted by Gasteiger charge is 2.18. The van der Waals surface area contributed by atoms with E-state index in [1.165, 1.54) is 17.0 Å². The number of para-hydroxylation sites is 2. The Kier molecular flexibility index (Phi) is 3.51. The predicted octanol–water partition coefficient (Wildman–Crippen LogP) is 2.99. The fourth-order valence-corrected chi connectivity index (χ4v) is 1.88. The van der Waals surface area contributed by atoms with Gasteiger partial charge in [0.15, 0.2) is 0 Å². The molecule has 2 aromatic carbocycles. The average molecular weight is 258 g/mol. The molecule has 3 nitrogen and oxygen atoms in total. The van der Waals surface area contributed by atoms with E-state index in [4.69, 9.17) is 5.73 Å². The topological polar surface area (TPSA) is 46.3 Å². The van der Waals surface area contributed by atoms with Gasteiger partial charge in [-0.3, -0.25) is 4.79 Å². The van der Waals surface area contributed by atoms with E-state index < -0.39 is 11.7 Å². The molecule has 0 spiro atoms. The van der Waals surface area contributed by atoms with Crippen LogP contribution in [-0.2, 0) is 0 Å². The summed E-state index contributed by atoms with van der Waals surface area (Å²) in [4.78, 5) is 13.6. The number of aryl methyl sites for hydroxylation is 1. The van der Waals surface area contributed by atoms with Crippen LogP contribution in [0.4, 0.5) is 15.8 Å². The lowest BCUT2D eigenvalue weighted by atomic mass is 10.1. The minimum atomic E-state index is -0.522. The van der Waals surface area contributed by atoms with Crippen molar-refractivity contribution in [2.24, 2.45) is 0 Å². The van der Waals surface area contributed by atoms with Gasteiger partial charge in [0.05, 0.1) is 16.9 Å². The summed E-state index contributed by atoms with van der Waals surface area (Å²) < 4.78 is 13.8. The molecule has 0 fully saturated rings. The Hall–Kier alpha value is -2.36. The highest BCUT2D eigenvalue weighted by molar-refractivity contribution is 6.07. The Morgan fingerprint density at radius 3 is 2.53 bits per heavy atom. The summed E-state index contributed by atoms with van der Waals surface area (Å²) in [6.07, 6.45) is 0. The van der Waals surface area contributed by atoms with Crippen molar-refractivity contribution < 1.29 is 9.18 Å². The number of carbonyl (C=O) groups is 1. The van der Waals surface area contributed by atoms with Crippen molar-refractivity contribution in [2.75, 3.05) is 17.7 Å². The van der Waals surface area contributed by atoms with Crippen molar-refractivity contribution in [3.8, 4) is 0 Å². The largest absolute Gasteiger partial charge is 0.397 e. The van der Waals surface area contributed by atoms with E-state index in [-0.39, 0.29) is 5.56 Å². The Morgan fingerprint density at radius 1 is 1.21 bits per heavy atom. The minimum Gasteiger partial charge on any atom is -0.397 e. The van der Waals surface area contributed by atoms with Crippen molar-refractivity contribution in [3.63, 3.8) is 0 Å². The van der Waals surface area contributed by atoms with Crippen LogP contribution in [0.3, 0.4) is 0 Å². The maximum atomic E-state index is 13.8. The monoisotopic (exact) mass is 258 g/mol. The van der Waals surface area contributed by atoms with Gasteiger partial charge in [0, 0.05) is 7.05 Å². The smallest absolute Gasteiger partial charge is 0.261 e. The predicted molar refractivity (Wildman–Crippen MR) is 74.7 cm³/mol. The molecule has 98 valence electrons. The lowest BCUT2D eigenvalue weighted by Gasteiger charge is -2.19. The molecule has 2 rings (SSSR count). The van der Waals surface area contributed by atoms with E-state index in [0.717, 1.165) is 5.56 Å². The number of benzene rings is 2. The molecular weight excluding hydrogens is 243 g/mol. The van der Waals surface area contributed by atoms with Gasteiger partial charge in [-0.15, -0.1) is 0 Å². The van der Waals surface area contributed by atoms with Crippen molar-refractivity contribution in [3.05, 3.63) is 59.4 Å². The summed E-state index contributed by atoms with van der Waals surface area (Å²) in [7, 11) is 1.58. The van der Waals surface area contributed by atoms with E-state index in [0.29, 0.717) is 11.4 Å². The number of nitrogens with two attached hydrogens (primary N) is 1. The molecule has 0 unspecified atom stereocenters. The second-order valence-electron chi connectivity index (χ2n) is 4.41. The van der Waals surface area contributed by atoms with Crippen molar-refractivity contribution in [1.82, 2.24) is 0 Å². The van der Waals surface area contributed by atoms with Crippen LogP contribution in [-0.4, -0.2) is 13.0 Å². The van der Waals surface area contributed by atoms with Crippen LogP contribution in [0.2, 0.25) is 0 Å². The quantitative estimate of drug-likeness (QED) is 0.842. The van der Waals surface area contributed by atoms with Gasteiger partial charge in [0.25, 0.3) is 5.91 Å². The molecule has 0 atom stereocenters. The molecule has 0 radical (unpaired) electrons. The number of hydrogen-bond acceptors (Lipinski definition) is 2. The Balaban J connectivity index is 2.37. The number of carbonyl (C=O) groups excluding carboxylic acids is 1. The van der Waals surface area contributed by atoms with Crippen LogP contribution in [0.15, 0.2) is 42.5 Å². The molecule has 0 aromatic heterocycles. The second-order valence-corrected chi connectivity index (χ2v) is 4.41. The number of nitrogens with zero attached hydrogens (tertiary/aromatic N) is 1. The summed E-state index contributed by atoms with van der Waals surface area (Å²) in [5.41, 5.74) is 7.66. The number of nitrogen functional groups attached to an aromatic ring is 1. The summed E-state index contributed by atoms with van der Waals surface area (Å²) >= 11 is 0. The first-order valence-corrected chi connectivity index (χ1v) is 5.89. The average Bonchev–Trinajstić information content (AvgIpc) is 2.38. The van der Waals surface area contributed by atoms with Crippen molar-refractivity contribution in [2.45, 2.75) is 6.92 Å². The third-order valence-electron chi connectivity index (χ3n) is 2.96. The third-order valence-corrected chi connectivity index (χ3v) is 2.96. The first kappa shape index (κ1) is 13.1. The van der Waals surface area contributed by atoms with Crippen molar-refractivity contribution >= 4 is 17.3 Å². The number of halogens is 1. The fraction of sp³-hybridized carbons (Fsp3) is 0.133. The van der Waals surface area contributed by atoms with Gasteiger partial charge in [-0.2, -0.15) is 0 Å². The first-order valence-electron chi connectivity index (χ1n) is 5.89. The van der Waals surface area contributed by atoms with E-state index >= 15 is 0 Å². The molecule has 0 saturated carbocycles. The molecule has 0 aliphatic carbocycles. The highest BCUT2D eigenvalue weighted by atomic mass is 19.1. The summed E-state index contributed by atoms with van der Waals surface area (Å²) in [6, 6.07) is 11.5. The lowest BCUT2D eigenvalue weighted by molar-refractivity contribution is 0.0989. The molecule has 0 aliphatic heterocycles. The maximum absolute atomic E-state index is 13.8. The van der Waals surface area contributed by atoms with Crippen LogP contribution < -0.4 is 10.6 Å². The van der Waals surface area contributed by atoms with Gasteiger partial charge in [-0.25, -0.2) is 4.39 Å². The molecule has 0 heterocycles. The maximum Gasteiger partial charge on any atom is 0.261 e. The lowest BCUT2D eigenvalue weighted by Crippen LogP contribution is -2.27. The van der Waals surface area contributed by atoms with Crippen LogP contribution in [0.5, 0.6) is 0 Å². The minimum absolute atomic E-state index is 0.0383. The SMILES string of the molecule is Cc1ccc(C(=O)N(C)c2ccccc2N)c(F)c1. The van der Waals surface area contributed by atoms with E-state index in [1.807, 2.05) is 0 Å². The first-order chi connectivity index (χ1) is 9.00. The number of hydrogen-bond donors (Lipinski definition) is 1. The zero-order chi connectivity index (χ0) is 14.0. The molecular formula is C15H15FN2O. The highest BCUT2D eigenvalue weighted by Crippen LogP contribution is 2.23. The van der Waals surface area contributed by atoms with Gasteiger partial charge in [0.2, 0.25) is 0 Å². The van der Waals surface area contributed by atoms with Gasteiger partial charge in [-0.05, 0) is 36.8 Å². The third kappa shape index (κ3) is 2.57. The molecule has 2 aromatic rings. The molecule has 0 bridgehead atoms. The number of amides is 1. The summed E-state index contributed by atoms with van der Waals surface area (Å²) in [5, 5.41) is 0. The normalized spacial score (nSPS) is 10.3. The van der Waals surface area contributed by atoms with Crippen molar-refractivity contribution in [1.29, 1.82) is 0 Å². The Labute approximate surface area is 111 Å². The van der Waals surface area contributed by atoms with E-state index in [1.54, 1.807) is 44.3 Å².